The molecule has 0 bridgehead atoms. The smallest absolute Gasteiger partial charge is 0.413 e. The molecule has 0 aromatic carbocycles. The Kier molecular flexibility index (Phi) is 4.08. The van der Waals surface area contributed by atoms with Crippen molar-refractivity contribution in [1.29, 1.82) is 0 Å². The summed E-state index contributed by atoms with van der Waals surface area (Å²) in [6.45, 7) is 5.41. The van der Waals surface area contributed by atoms with Gasteiger partial charge in [-0.1, -0.05) is 0 Å². The molecule has 20 heavy (non-hydrogen) atoms. The zero-order chi connectivity index (χ0) is 14.8. The van der Waals surface area contributed by atoms with Gasteiger partial charge in [0.15, 0.2) is 0 Å². The molecule has 0 aliphatic rings. The van der Waals surface area contributed by atoms with Gasteiger partial charge in [-0.05, 0) is 42.8 Å². The minimum absolute atomic E-state index is 0.406. The molecule has 2 aromatic rings. The third kappa shape index (κ3) is 4.06. The molecular weight excluding hydrogens is 324 g/mol. The van der Waals surface area contributed by atoms with E-state index in [0.717, 1.165) is 10.2 Å². The molecule has 0 fully saturated rings. The molecule has 2 rings (SSSR count). The van der Waals surface area contributed by atoms with Gasteiger partial charge in [-0.15, -0.1) is 0 Å². The lowest BCUT2D eigenvalue weighted by atomic mass is 10.2. The van der Waals surface area contributed by atoms with Crippen LogP contribution in [0.15, 0.2) is 35.2 Å². The topological polar surface area (TPSA) is 69.0 Å². The number of amides is 1. The number of hydrogen-bond acceptors (Lipinski definition) is 4. The summed E-state index contributed by atoms with van der Waals surface area (Å²) >= 11 is 3.33. The molecule has 1 amide bonds. The molecule has 0 aliphatic heterocycles. The Hall–Kier alpha value is -1.89. The van der Waals surface area contributed by atoms with Gasteiger partial charge < -0.3 is 4.74 Å². The minimum atomic E-state index is -0.547. The average molecular weight is 339 g/mol. The van der Waals surface area contributed by atoms with E-state index in [1.54, 1.807) is 50.0 Å². The molecule has 0 saturated carbocycles. The number of carbonyl (C=O) groups is 1. The number of rotatable bonds is 2. The van der Waals surface area contributed by atoms with Crippen molar-refractivity contribution in [2.45, 2.75) is 26.4 Å². The summed E-state index contributed by atoms with van der Waals surface area (Å²) in [5.74, 6) is 0.406. The molecule has 2 heterocycles. The van der Waals surface area contributed by atoms with Crippen LogP contribution in [0.1, 0.15) is 20.8 Å². The standard InChI is InChI=1S/C13H15BrN4O2/c1-13(2,3)20-12(19)17-11-6-10(4-5-15-11)18-8-9(14)7-16-18/h4-8H,1-3H3,(H,15,17,19). The van der Waals surface area contributed by atoms with Crippen LogP contribution in [0.3, 0.4) is 0 Å². The van der Waals surface area contributed by atoms with Crippen molar-refractivity contribution in [3.05, 3.63) is 35.2 Å². The van der Waals surface area contributed by atoms with Gasteiger partial charge in [-0.2, -0.15) is 5.10 Å². The van der Waals surface area contributed by atoms with E-state index >= 15 is 0 Å². The van der Waals surface area contributed by atoms with Crippen LogP contribution in [0.2, 0.25) is 0 Å². The maximum atomic E-state index is 11.7. The maximum Gasteiger partial charge on any atom is 0.413 e. The number of ether oxygens (including phenoxy) is 1. The van der Waals surface area contributed by atoms with Crippen LogP contribution in [0.5, 0.6) is 0 Å². The first-order valence-electron chi connectivity index (χ1n) is 6.00. The minimum Gasteiger partial charge on any atom is -0.444 e. The normalized spacial score (nSPS) is 11.2. The molecule has 2 aromatic heterocycles. The lowest BCUT2D eigenvalue weighted by molar-refractivity contribution is 0.0635. The van der Waals surface area contributed by atoms with Crippen molar-refractivity contribution in [3.63, 3.8) is 0 Å². The molecule has 7 heteroatoms. The number of aromatic nitrogens is 3. The second-order valence-electron chi connectivity index (χ2n) is 5.13. The van der Waals surface area contributed by atoms with Gasteiger partial charge in [0.25, 0.3) is 0 Å². The van der Waals surface area contributed by atoms with Crippen LogP contribution in [0.4, 0.5) is 10.6 Å². The number of nitrogens with one attached hydrogen (secondary N) is 1. The Balaban J connectivity index is 2.12. The van der Waals surface area contributed by atoms with Crippen LogP contribution in [0, 0.1) is 0 Å². The number of hydrogen-bond donors (Lipinski definition) is 1. The molecular formula is C13H15BrN4O2. The highest BCUT2D eigenvalue weighted by Gasteiger charge is 2.16. The Labute approximate surface area is 125 Å². The first-order valence-corrected chi connectivity index (χ1v) is 6.79. The van der Waals surface area contributed by atoms with E-state index in [-0.39, 0.29) is 0 Å². The van der Waals surface area contributed by atoms with Gasteiger partial charge >= 0.3 is 6.09 Å². The van der Waals surface area contributed by atoms with Gasteiger partial charge in [0.2, 0.25) is 0 Å². The van der Waals surface area contributed by atoms with Crippen LogP contribution in [-0.2, 0) is 4.74 Å². The molecule has 106 valence electrons. The van der Waals surface area contributed by atoms with Crippen molar-refractivity contribution in [3.8, 4) is 5.69 Å². The fraction of sp³-hybridized carbons (Fsp3) is 0.308. The fourth-order valence-electron chi connectivity index (χ4n) is 1.48. The van der Waals surface area contributed by atoms with E-state index in [1.165, 1.54) is 0 Å². The highest BCUT2D eigenvalue weighted by Crippen LogP contribution is 2.15. The van der Waals surface area contributed by atoms with Crippen molar-refractivity contribution in [1.82, 2.24) is 14.8 Å². The monoisotopic (exact) mass is 338 g/mol. The predicted octanol–water partition coefficient (Wildman–Crippen LogP) is 3.38. The summed E-state index contributed by atoms with van der Waals surface area (Å²) in [5, 5.41) is 6.75. The average Bonchev–Trinajstić information content (AvgIpc) is 2.73. The number of halogens is 1. The summed E-state index contributed by atoms with van der Waals surface area (Å²) in [6, 6.07) is 3.50. The Morgan fingerprint density at radius 2 is 2.20 bits per heavy atom. The zero-order valence-electron chi connectivity index (χ0n) is 11.4. The van der Waals surface area contributed by atoms with Crippen LogP contribution < -0.4 is 5.32 Å². The Morgan fingerprint density at radius 1 is 1.45 bits per heavy atom. The summed E-state index contributed by atoms with van der Waals surface area (Å²) < 4.78 is 7.72. The molecule has 0 spiro atoms. The quantitative estimate of drug-likeness (QED) is 0.911. The summed E-state index contributed by atoms with van der Waals surface area (Å²) in [6.07, 6.45) is 4.55. The first-order chi connectivity index (χ1) is 9.33. The molecule has 1 N–H and O–H groups in total. The Morgan fingerprint density at radius 3 is 2.80 bits per heavy atom. The van der Waals surface area contributed by atoms with Crippen LogP contribution in [-0.4, -0.2) is 26.5 Å². The number of pyridine rings is 1. The van der Waals surface area contributed by atoms with E-state index in [0.29, 0.717) is 5.82 Å². The molecule has 0 atom stereocenters. The van der Waals surface area contributed by atoms with E-state index in [9.17, 15) is 4.79 Å². The summed E-state index contributed by atoms with van der Waals surface area (Å²) in [7, 11) is 0. The van der Waals surface area contributed by atoms with E-state index in [4.69, 9.17) is 4.74 Å². The SMILES string of the molecule is CC(C)(C)OC(=O)Nc1cc(-n2cc(Br)cn2)ccn1. The van der Waals surface area contributed by atoms with Gasteiger partial charge in [0, 0.05) is 18.5 Å². The van der Waals surface area contributed by atoms with Crippen molar-refractivity contribution in [2.75, 3.05) is 5.32 Å². The second kappa shape index (κ2) is 5.62. The highest BCUT2D eigenvalue weighted by molar-refractivity contribution is 9.10. The van der Waals surface area contributed by atoms with Gasteiger partial charge in [0.05, 0.1) is 16.4 Å². The van der Waals surface area contributed by atoms with Crippen molar-refractivity contribution in [2.24, 2.45) is 0 Å². The number of anilines is 1. The molecule has 0 radical (unpaired) electrons. The summed E-state index contributed by atoms with van der Waals surface area (Å²) in [4.78, 5) is 15.8. The highest BCUT2D eigenvalue weighted by atomic mass is 79.9. The van der Waals surface area contributed by atoms with E-state index in [2.05, 4.69) is 31.3 Å². The van der Waals surface area contributed by atoms with E-state index in [1.807, 2.05) is 6.20 Å². The van der Waals surface area contributed by atoms with Gasteiger partial charge in [-0.25, -0.2) is 14.5 Å². The van der Waals surface area contributed by atoms with Crippen LogP contribution >= 0.6 is 15.9 Å². The van der Waals surface area contributed by atoms with Gasteiger partial charge in [-0.3, -0.25) is 5.32 Å². The number of nitrogens with zero attached hydrogens (tertiary/aromatic N) is 3. The third-order valence-electron chi connectivity index (χ3n) is 2.19. The number of carbonyl (C=O) groups excluding carboxylic acids is 1. The third-order valence-corrected chi connectivity index (χ3v) is 2.60. The zero-order valence-corrected chi connectivity index (χ0v) is 13.0. The Bertz CT molecular complexity index is 619. The van der Waals surface area contributed by atoms with Gasteiger partial charge in [0.1, 0.15) is 11.4 Å². The van der Waals surface area contributed by atoms with Crippen molar-refractivity contribution >= 4 is 27.8 Å². The first kappa shape index (κ1) is 14.5. The lowest BCUT2D eigenvalue weighted by Gasteiger charge is -2.19. The van der Waals surface area contributed by atoms with E-state index < -0.39 is 11.7 Å². The molecule has 6 nitrogen and oxygen atoms in total. The molecule has 0 aliphatic carbocycles. The molecule has 0 unspecified atom stereocenters. The van der Waals surface area contributed by atoms with Crippen molar-refractivity contribution < 1.29 is 9.53 Å². The maximum absolute atomic E-state index is 11.7. The second-order valence-corrected chi connectivity index (χ2v) is 6.04. The molecule has 0 saturated heterocycles. The predicted molar refractivity (Wildman–Crippen MR) is 78.9 cm³/mol. The van der Waals surface area contributed by atoms with Crippen LogP contribution in [0.25, 0.3) is 5.69 Å². The lowest BCUT2D eigenvalue weighted by Crippen LogP contribution is -2.27. The largest absolute Gasteiger partial charge is 0.444 e. The fourth-order valence-corrected chi connectivity index (χ4v) is 1.77. The summed E-state index contributed by atoms with van der Waals surface area (Å²) in [5.41, 5.74) is 0.242.